The highest BCUT2D eigenvalue weighted by Gasteiger charge is 2.74. The lowest BCUT2D eigenvalue weighted by Gasteiger charge is -2.75. The molecule has 0 radical (unpaired) electrons. The zero-order valence-corrected chi connectivity index (χ0v) is 18.8. The highest BCUT2D eigenvalue weighted by atomic mass is 19.4. The molecule has 2 bridgehead atoms. The molecule has 3 fully saturated rings. The number of H-pyrrole nitrogens is 1. The first kappa shape index (κ1) is 22.4. The topological polar surface area (TPSA) is 84.1 Å². The van der Waals surface area contributed by atoms with Crippen LogP contribution in [0.15, 0.2) is 42.5 Å². The Balaban J connectivity index is 1.35. The summed E-state index contributed by atoms with van der Waals surface area (Å²) in [7, 11) is 1.38. The van der Waals surface area contributed by atoms with Crippen molar-refractivity contribution in [1.82, 2.24) is 15.5 Å². The summed E-state index contributed by atoms with van der Waals surface area (Å²) in [5.74, 6) is -0.387. The van der Waals surface area contributed by atoms with Crippen molar-refractivity contribution in [2.45, 2.75) is 44.3 Å². The minimum atomic E-state index is -4.39. The molecule has 1 amide bonds. The zero-order valence-electron chi connectivity index (χ0n) is 18.8. The first-order valence-electron chi connectivity index (χ1n) is 11.1. The summed E-state index contributed by atoms with van der Waals surface area (Å²) in [6, 6.07) is 10.5. The number of alkyl halides is 3. The van der Waals surface area contributed by atoms with Crippen LogP contribution in [0.1, 0.15) is 53.4 Å². The molecule has 1 heterocycles. The standard InChI is InChI=1S/C25H24F3N3O3/c1-14-23(11-19(32)34-2)12-24(14,13-23)29-22(33)21-20-16(4-3-5-18(20)30-31-21)10-15-6-8-17(9-7-15)25(26,27)28/h3-9,14H,10-13H2,1-2H3,(H,29,33)(H,30,31)/t14-,23?,24?/m0/s1. The number of carbonyl (C=O) groups is 2. The second-order valence-corrected chi connectivity index (χ2v) is 9.58. The number of aromatic nitrogens is 2. The molecule has 0 unspecified atom stereocenters. The lowest BCUT2D eigenvalue weighted by atomic mass is 9.32. The van der Waals surface area contributed by atoms with Crippen LogP contribution >= 0.6 is 0 Å². The SMILES string of the molecule is COC(=O)CC12CC(NC(=O)c3n[nH]c4cccc(Cc5ccc(C(F)(F)F)cc5)c34)(C1)[C@H]2C. The minimum Gasteiger partial charge on any atom is -0.469 e. The number of nitrogens with zero attached hydrogens (tertiary/aromatic N) is 1. The fraction of sp³-hybridized carbons (Fsp3) is 0.400. The summed E-state index contributed by atoms with van der Waals surface area (Å²) < 4.78 is 43.4. The quantitative estimate of drug-likeness (QED) is 0.514. The van der Waals surface area contributed by atoms with Crippen LogP contribution in [0.5, 0.6) is 0 Å². The number of fused-ring (bicyclic) bond motifs is 1. The molecule has 2 N–H and O–H groups in total. The zero-order chi connectivity index (χ0) is 24.3. The van der Waals surface area contributed by atoms with Gasteiger partial charge < -0.3 is 10.1 Å². The highest BCUT2D eigenvalue weighted by molar-refractivity contribution is 6.06. The smallest absolute Gasteiger partial charge is 0.416 e. The first-order valence-corrected chi connectivity index (χ1v) is 11.1. The van der Waals surface area contributed by atoms with Gasteiger partial charge in [0, 0.05) is 10.9 Å². The van der Waals surface area contributed by atoms with E-state index in [0.29, 0.717) is 29.3 Å². The van der Waals surface area contributed by atoms with Crippen molar-refractivity contribution < 1.29 is 27.5 Å². The molecular formula is C25H24F3N3O3. The molecule has 0 aliphatic heterocycles. The predicted octanol–water partition coefficient (Wildman–Crippen LogP) is 4.63. The van der Waals surface area contributed by atoms with E-state index in [-0.39, 0.29) is 34.4 Å². The number of amides is 1. The Kier molecular flexibility index (Phi) is 5.00. The van der Waals surface area contributed by atoms with E-state index in [1.807, 2.05) is 25.1 Å². The van der Waals surface area contributed by atoms with Gasteiger partial charge in [-0.05, 0) is 59.9 Å². The Hall–Kier alpha value is -3.36. The van der Waals surface area contributed by atoms with Gasteiger partial charge in [0.05, 0.1) is 24.6 Å². The van der Waals surface area contributed by atoms with E-state index >= 15 is 0 Å². The number of ether oxygens (including phenoxy) is 1. The molecule has 0 spiro atoms. The van der Waals surface area contributed by atoms with Crippen LogP contribution in [0.3, 0.4) is 0 Å². The lowest BCUT2D eigenvalue weighted by molar-refractivity contribution is -0.223. The Morgan fingerprint density at radius 1 is 1.18 bits per heavy atom. The van der Waals surface area contributed by atoms with Gasteiger partial charge in [-0.25, -0.2) is 0 Å². The predicted molar refractivity (Wildman–Crippen MR) is 118 cm³/mol. The average molecular weight is 471 g/mol. The summed E-state index contributed by atoms with van der Waals surface area (Å²) in [6.07, 6.45) is -2.22. The minimum absolute atomic E-state index is 0.109. The van der Waals surface area contributed by atoms with Gasteiger partial charge in [0.15, 0.2) is 5.69 Å². The Bertz CT molecular complexity index is 1270. The van der Waals surface area contributed by atoms with E-state index in [9.17, 15) is 22.8 Å². The Morgan fingerprint density at radius 3 is 2.50 bits per heavy atom. The van der Waals surface area contributed by atoms with E-state index in [1.165, 1.54) is 19.2 Å². The van der Waals surface area contributed by atoms with Crippen molar-refractivity contribution in [1.29, 1.82) is 0 Å². The molecule has 6 rings (SSSR count). The van der Waals surface area contributed by atoms with E-state index in [1.54, 1.807) is 0 Å². The van der Waals surface area contributed by atoms with Gasteiger partial charge in [-0.15, -0.1) is 0 Å². The van der Waals surface area contributed by atoms with E-state index in [4.69, 9.17) is 4.74 Å². The van der Waals surface area contributed by atoms with Gasteiger partial charge in [0.2, 0.25) is 0 Å². The fourth-order valence-corrected chi connectivity index (χ4v) is 5.75. The maximum atomic E-state index is 13.2. The molecule has 3 aromatic rings. The molecule has 3 aliphatic rings. The van der Waals surface area contributed by atoms with Crippen LogP contribution in [0.25, 0.3) is 10.9 Å². The van der Waals surface area contributed by atoms with Crippen LogP contribution in [0.2, 0.25) is 0 Å². The number of esters is 1. The summed E-state index contributed by atoms with van der Waals surface area (Å²) in [5, 5.41) is 10.9. The maximum absolute atomic E-state index is 13.2. The maximum Gasteiger partial charge on any atom is 0.416 e. The molecule has 0 saturated heterocycles. The molecule has 34 heavy (non-hydrogen) atoms. The van der Waals surface area contributed by atoms with Crippen LogP contribution in [0.4, 0.5) is 13.2 Å². The number of nitrogens with one attached hydrogen (secondary N) is 2. The largest absolute Gasteiger partial charge is 0.469 e. The van der Waals surface area contributed by atoms with E-state index < -0.39 is 11.7 Å². The van der Waals surface area contributed by atoms with Crippen molar-refractivity contribution >= 4 is 22.8 Å². The van der Waals surface area contributed by atoms with Crippen molar-refractivity contribution in [2.24, 2.45) is 11.3 Å². The fourth-order valence-electron chi connectivity index (χ4n) is 5.75. The van der Waals surface area contributed by atoms with Gasteiger partial charge in [-0.2, -0.15) is 18.3 Å². The molecule has 1 atom stereocenters. The second-order valence-electron chi connectivity index (χ2n) is 9.58. The Morgan fingerprint density at radius 2 is 1.88 bits per heavy atom. The van der Waals surface area contributed by atoms with Crippen molar-refractivity contribution in [3.63, 3.8) is 0 Å². The van der Waals surface area contributed by atoms with Crippen LogP contribution in [0, 0.1) is 11.3 Å². The van der Waals surface area contributed by atoms with Crippen LogP contribution in [-0.2, 0) is 22.1 Å². The number of carbonyl (C=O) groups excluding carboxylic acids is 2. The highest BCUT2D eigenvalue weighted by Crippen LogP contribution is 2.72. The first-order chi connectivity index (χ1) is 16.1. The number of halogens is 3. The third-order valence-corrected chi connectivity index (χ3v) is 7.74. The van der Waals surface area contributed by atoms with Gasteiger partial charge in [0.1, 0.15) is 0 Å². The van der Waals surface area contributed by atoms with Gasteiger partial charge in [0.25, 0.3) is 5.91 Å². The van der Waals surface area contributed by atoms with Gasteiger partial charge in [-0.1, -0.05) is 31.2 Å². The number of benzene rings is 2. The molecule has 3 saturated carbocycles. The number of aromatic amines is 1. The second kappa shape index (κ2) is 7.58. The number of hydrogen-bond donors (Lipinski definition) is 2. The summed E-state index contributed by atoms with van der Waals surface area (Å²) >= 11 is 0. The number of methoxy groups -OCH3 is 1. The van der Waals surface area contributed by atoms with Gasteiger partial charge >= 0.3 is 12.1 Å². The lowest BCUT2D eigenvalue weighted by Crippen LogP contribution is -2.81. The van der Waals surface area contributed by atoms with Gasteiger partial charge in [-0.3, -0.25) is 14.7 Å². The summed E-state index contributed by atoms with van der Waals surface area (Å²) in [4.78, 5) is 25.0. The average Bonchev–Trinajstić information content (AvgIpc) is 3.23. The summed E-state index contributed by atoms with van der Waals surface area (Å²) in [5.41, 5.74) is 1.28. The molecular weight excluding hydrogens is 447 g/mol. The van der Waals surface area contributed by atoms with E-state index in [2.05, 4.69) is 15.5 Å². The van der Waals surface area contributed by atoms with Crippen LogP contribution < -0.4 is 5.32 Å². The van der Waals surface area contributed by atoms with E-state index in [0.717, 1.165) is 30.5 Å². The number of rotatable bonds is 6. The monoisotopic (exact) mass is 471 g/mol. The van der Waals surface area contributed by atoms with Crippen molar-refractivity contribution in [3.05, 3.63) is 64.8 Å². The molecule has 9 heteroatoms. The normalized spacial score (nSPS) is 25.4. The van der Waals surface area contributed by atoms with Crippen LogP contribution in [-0.4, -0.2) is 34.7 Å². The molecule has 3 aliphatic carbocycles. The third-order valence-electron chi connectivity index (χ3n) is 7.74. The molecule has 178 valence electrons. The number of hydrogen-bond acceptors (Lipinski definition) is 4. The van der Waals surface area contributed by atoms with Crippen molar-refractivity contribution in [3.8, 4) is 0 Å². The summed E-state index contributed by atoms with van der Waals surface area (Å²) in [6.45, 7) is 2.04. The van der Waals surface area contributed by atoms with Crippen molar-refractivity contribution in [2.75, 3.05) is 7.11 Å². The molecule has 1 aromatic heterocycles. The molecule has 2 aromatic carbocycles. The Labute approximate surface area is 193 Å². The molecule has 6 nitrogen and oxygen atoms in total. The third kappa shape index (κ3) is 3.45.